The summed E-state index contributed by atoms with van der Waals surface area (Å²) in [5.74, 6) is 1.65. The Hall–Kier alpha value is -2.06. The summed E-state index contributed by atoms with van der Waals surface area (Å²) >= 11 is 5.95. The van der Waals surface area contributed by atoms with Gasteiger partial charge in [-0.25, -0.2) is 4.42 Å². The molecule has 0 amide bonds. The SMILES string of the molecule is COc1ccc(-c2ccc3cc(Cl)ccc3[o+]2)cc1. The summed E-state index contributed by atoms with van der Waals surface area (Å²) in [6, 6.07) is 17.3. The van der Waals surface area contributed by atoms with Crippen molar-refractivity contribution in [2.75, 3.05) is 7.11 Å². The zero-order valence-electron chi connectivity index (χ0n) is 10.4. The molecule has 1 heterocycles. The van der Waals surface area contributed by atoms with Crippen LogP contribution in [0.15, 0.2) is 59.0 Å². The minimum absolute atomic E-state index is 0.708. The Kier molecular flexibility index (Phi) is 3.10. The molecule has 19 heavy (non-hydrogen) atoms. The molecule has 2 aromatic carbocycles. The molecule has 0 unspecified atom stereocenters. The molecule has 0 saturated heterocycles. The van der Waals surface area contributed by atoms with E-state index in [2.05, 4.69) is 0 Å². The van der Waals surface area contributed by atoms with Gasteiger partial charge >= 0.3 is 11.3 Å². The molecule has 3 rings (SSSR count). The average molecular weight is 272 g/mol. The predicted octanol–water partition coefficient (Wildman–Crippen LogP) is 5.04. The number of benzene rings is 2. The quantitative estimate of drug-likeness (QED) is 0.609. The van der Waals surface area contributed by atoms with Crippen molar-refractivity contribution in [2.24, 2.45) is 0 Å². The summed E-state index contributed by atoms with van der Waals surface area (Å²) in [6.45, 7) is 0. The van der Waals surface area contributed by atoms with E-state index in [1.54, 1.807) is 7.11 Å². The van der Waals surface area contributed by atoms with Crippen LogP contribution < -0.4 is 4.74 Å². The number of halogens is 1. The maximum absolute atomic E-state index is 5.95. The van der Waals surface area contributed by atoms with Crippen LogP contribution in [0.3, 0.4) is 0 Å². The number of ether oxygens (including phenoxy) is 1. The summed E-state index contributed by atoms with van der Waals surface area (Å²) < 4.78 is 11.0. The normalized spacial score (nSPS) is 10.6. The standard InChI is InChI=1S/C16H12ClO2/c1-18-14-6-2-11(3-7-14)15-8-4-12-10-13(17)5-9-16(12)19-15/h2-10H,1H3/q+1. The van der Waals surface area contributed by atoms with Gasteiger partial charge in [0.05, 0.1) is 18.1 Å². The molecule has 0 atom stereocenters. The maximum atomic E-state index is 5.95. The molecule has 0 bridgehead atoms. The minimum Gasteiger partial charge on any atom is -0.497 e. The fourth-order valence-electron chi connectivity index (χ4n) is 1.97. The van der Waals surface area contributed by atoms with Crippen molar-refractivity contribution in [3.63, 3.8) is 0 Å². The van der Waals surface area contributed by atoms with Crippen LogP contribution in [0.25, 0.3) is 22.3 Å². The van der Waals surface area contributed by atoms with E-state index < -0.39 is 0 Å². The van der Waals surface area contributed by atoms with Crippen molar-refractivity contribution < 1.29 is 9.15 Å². The van der Waals surface area contributed by atoms with Gasteiger partial charge in [0.15, 0.2) is 0 Å². The van der Waals surface area contributed by atoms with Crippen LogP contribution in [0.2, 0.25) is 5.02 Å². The molecule has 2 nitrogen and oxygen atoms in total. The van der Waals surface area contributed by atoms with Gasteiger partial charge in [-0.05, 0) is 42.5 Å². The topological polar surface area (TPSA) is 20.5 Å². The molecule has 0 aliphatic carbocycles. The first kappa shape index (κ1) is 12.0. The number of fused-ring (bicyclic) bond motifs is 1. The van der Waals surface area contributed by atoms with Crippen LogP contribution in [0.5, 0.6) is 5.75 Å². The second-order valence-electron chi connectivity index (χ2n) is 4.21. The minimum atomic E-state index is 0.708. The molecule has 0 N–H and O–H groups in total. The van der Waals surface area contributed by atoms with E-state index in [1.165, 1.54) is 0 Å². The molecular formula is C16H12ClO2+. The van der Waals surface area contributed by atoms with Gasteiger partial charge in [0.2, 0.25) is 0 Å². The van der Waals surface area contributed by atoms with E-state index in [0.29, 0.717) is 5.02 Å². The third-order valence-electron chi connectivity index (χ3n) is 2.98. The number of rotatable bonds is 2. The highest BCUT2D eigenvalue weighted by Crippen LogP contribution is 2.27. The van der Waals surface area contributed by atoms with Gasteiger partial charge in [-0.15, -0.1) is 0 Å². The highest BCUT2D eigenvalue weighted by atomic mass is 35.5. The molecular weight excluding hydrogens is 260 g/mol. The van der Waals surface area contributed by atoms with E-state index in [-0.39, 0.29) is 0 Å². The first-order valence-electron chi connectivity index (χ1n) is 5.93. The molecule has 0 aliphatic rings. The van der Waals surface area contributed by atoms with Gasteiger partial charge in [-0.2, -0.15) is 0 Å². The largest absolute Gasteiger partial charge is 0.497 e. The molecule has 0 radical (unpaired) electrons. The third-order valence-corrected chi connectivity index (χ3v) is 3.22. The Morgan fingerprint density at radius 2 is 1.74 bits per heavy atom. The van der Waals surface area contributed by atoms with E-state index in [1.807, 2.05) is 54.6 Å². The molecule has 3 heteroatoms. The summed E-state index contributed by atoms with van der Waals surface area (Å²) in [4.78, 5) is 0. The first-order valence-corrected chi connectivity index (χ1v) is 6.31. The van der Waals surface area contributed by atoms with Crippen LogP contribution in [0.1, 0.15) is 0 Å². The Bertz CT molecular complexity index is 720. The van der Waals surface area contributed by atoms with Gasteiger partial charge in [0, 0.05) is 17.2 Å². The average Bonchev–Trinajstić information content (AvgIpc) is 2.47. The highest BCUT2D eigenvalue weighted by Gasteiger charge is 2.14. The van der Waals surface area contributed by atoms with E-state index in [4.69, 9.17) is 20.8 Å². The van der Waals surface area contributed by atoms with Gasteiger partial charge < -0.3 is 4.74 Å². The molecule has 3 aromatic rings. The zero-order chi connectivity index (χ0) is 13.2. The summed E-state index contributed by atoms with van der Waals surface area (Å²) in [7, 11) is 1.65. The molecule has 0 aliphatic heterocycles. The lowest BCUT2D eigenvalue weighted by Crippen LogP contribution is -1.83. The zero-order valence-corrected chi connectivity index (χ0v) is 11.1. The lowest BCUT2D eigenvalue weighted by molar-refractivity contribution is 0.415. The van der Waals surface area contributed by atoms with Gasteiger partial charge in [-0.1, -0.05) is 11.6 Å². The van der Waals surface area contributed by atoms with Crippen LogP contribution in [-0.4, -0.2) is 7.11 Å². The van der Waals surface area contributed by atoms with Crippen LogP contribution in [0, 0.1) is 0 Å². The second kappa shape index (κ2) is 4.90. The van der Waals surface area contributed by atoms with Gasteiger partial charge in [0.25, 0.3) is 0 Å². The van der Waals surface area contributed by atoms with Crippen molar-refractivity contribution in [1.82, 2.24) is 0 Å². The van der Waals surface area contributed by atoms with Gasteiger partial charge in [0.1, 0.15) is 5.75 Å². The lowest BCUT2D eigenvalue weighted by atomic mass is 10.1. The smallest absolute Gasteiger partial charge is 0.360 e. The van der Waals surface area contributed by atoms with Crippen molar-refractivity contribution >= 4 is 22.6 Å². The molecule has 0 spiro atoms. The van der Waals surface area contributed by atoms with Crippen LogP contribution >= 0.6 is 11.6 Å². The van der Waals surface area contributed by atoms with E-state index in [9.17, 15) is 0 Å². The molecule has 94 valence electrons. The Morgan fingerprint density at radius 3 is 2.47 bits per heavy atom. The third kappa shape index (κ3) is 2.40. The van der Waals surface area contributed by atoms with E-state index >= 15 is 0 Å². The molecule has 1 aromatic heterocycles. The lowest BCUT2D eigenvalue weighted by Gasteiger charge is -1.98. The Balaban J connectivity index is 2.06. The summed E-state index contributed by atoms with van der Waals surface area (Å²) in [6.07, 6.45) is 0. The number of hydrogen-bond acceptors (Lipinski definition) is 1. The summed E-state index contributed by atoms with van der Waals surface area (Å²) in [5.41, 5.74) is 1.83. The van der Waals surface area contributed by atoms with E-state index in [0.717, 1.165) is 28.0 Å². The monoisotopic (exact) mass is 271 g/mol. The van der Waals surface area contributed by atoms with Crippen molar-refractivity contribution in [3.8, 4) is 17.1 Å². The van der Waals surface area contributed by atoms with Crippen molar-refractivity contribution in [1.29, 1.82) is 0 Å². The fourth-order valence-corrected chi connectivity index (χ4v) is 2.15. The predicted molar refractivity (Wildman–Crippen MR) is 77.6 cm³/mol. The number of methoxy groups -OCH3 is 1. The second-order valence-corrected chi connectivity index (χ2v) is 4.65. The van der Waals surface area contributed by atoms with Crippen molar-refractivity contribution in [2.45, 2.75) is 0 Å². The first-order chi connectivity index (χ1) is 9.26. The fraction of sp³-hybridized carbons (Fsp3) is 0.0625. The van der Waals surface area contributed by atoms with Crippen LogP contribution in [-0.2, 0) is 0 Å². The van der Waals surface area contributed by atoms with Gasteiger partial charge in [-0.3, -0.25) is 0 Å². The Morgan fingerprint density at radius 1 is 0.947 bits per heavy atom. The molecule has 0 saturated carbocycles. The highest BCUT2D eigenvalue weighted by molar-refractivity contribution is 6.31. The molecule has 0 fully saturated rings. The number of hydrogen-bond donors (Lipinski definition) is 0. The van der Waals surface area contributed by atoms with Crippen LogP contribution in [0.4, 0.5) is 0 Å². The maximum Gasteiger partial charge on any atom is 0.360 e. The Labute approximate surface area is 116 Å². The summed E-state index contributed by atoms with van der Waals surface area (Å²) in [5, 5.41) is 1.70. The van der Waals surface area contributed by atoms with Crippen molar-refractivity contribution in [3.05, 3.63) is 59.6 Å².